The highest BCUT2D eigenvalue weighted by molar-refractivity contribution is 5.99. The minimum atomic E-state index is 0.407. The van der Waals surface area contributed by atoms with E-state index in [4.69, 9.17) is 10.2 Å². The molecule has 0 aliphatic carbocycles. The summed E-state index contributed by atoms with van der Waals surface area (Å²) in [6.07, 6.45) is 1.43. The number of aromatic nitrogens is 5. The zero-order chi connectivity index (χ0) is 15.3. The van der Waals surface area contributed by atoms with Gasteiger partial charge in [0, 0.05) is 19.7 Å². The van der Waals surface area contributed by atoms with E-state index in [-0.39, 0.29) is 0 Å². The molecular weight excluding hydrogens is 282 g/mol. The Balaban J connectivity index is 1.98. The first kappa shape index (κ1) is 12.6. The van der Waals surface area contributed by atoms with E-state index >= 15 is 0 Å². The minimum absolute atomic E-state index is 0.407. The highest BCUT2D eigenvalue weighted by atomic mass is 16.4. The zero-order valence-electron chi connectivity index (χ0n) is 12.0. The SMILES string of the molecule is CNc1nc2cc(-c3nn(C)c4ncnc(N)c34)ccc2o1. The molecule has 22 heavy (non-hydrogen) atoms. The van der Waals surface area contributed by atoms with Gasteiger partial charge in [0.05, 0.1) is 5.39 Å². The number of oxazole rings is 1. The van der Waals surface area contributed by atoms with Crippen molar-refractivity contribution in [3.63, 3.8) is 0 Å². The Kier molecular flexibility index (Phi) is 2.52. The molecule has 0 fully saturated rings. The lowest BCUT2D eigenvalue weighted by Gasteiger charge is -1.99. The van der Waals surface area contributed by atoms with Gasteiger partial charge < -0.3 is 15.5 Å². The molecule has 4 aromatic rings. The number of aryl methyl sites for hydroxylation is 1. The van der Waals surface area contributed by atoms with Crippen LogP contribution in [-0.4, -0.2) is 31.8 Å². The number of fused-ring (bicyclic) bond motifs is 2. The smallest absolute Gasteiger partial charge is 0.295 e. The summed E-state index contributed by atoms with van der Waals surface area (Å²) >= 11 is 0. The Labute approximate surface area is 125 Å². The van der Waals surface area contributed by atoms with Crippen LogP contribution >= 0.6 is 0 Å². The van der Waals surface area contributed by atoms with Gasteiger partial charge in [-0.05, 0) is 18.2 Å². The minimum Gasteiger partial charge on any atom is -0.424 e. The number of hydrogen-bond acceptors (Lipinski definition) is 7. The average molecular weight is 295 g/mol. The molecule has 0 bridgehead atoms. The van der Waals surface area contributed by atoms with Crippen LogP contribution in [0.3, 0.4) is 0 Å². The Bertz CT molecular complexity index is 1000. The number of nitrogens with one attached hydrogen (secondary N) is 1. The van der Waals surface area contributed by atoms with Crippen LogP contribution in [0.4, 0.5) is 11.8 Å². The second kappa shape index (κ2) is 4.42. The van der Waals surface area contributed by atoms with E-state index in [1.807, 2.05) is 25.2 Å². The van der Waals surface area contributed by atoms with Gasteiger partial charge in [-0.15, -0.1) is 0 Å². The highest BCUT2D eigenvalue weighted by Gasteiger charge is 2.16. The van der Waals surface area contributed by atoms with E-state index in [0.717, 1.165) is 22.2 Å². The molecule has 3 N–H and O–H groups in total. The summed E-state index contributed by atoms with van der Waals surface area (Å²) in [5, 5.41) is 8.13. The van der Waals surface area contributed by atoms with E-state index in [2.05, 4.69) is 25.4 Å². The first-order valence-electron chi connectivity index (χ1n) is 6.69. The molecule has 0 spiro atoms. The molecule has 0 atom stereocenters. The van der Waals surface area contributed by atoms with Crippen molar-refractivity contribution in [1.82, 2.24) is 24.7 Å². The van der Waals surface area contributed by atoms with Crippen LogP contribution < -0.4 is 11.1 Å². The van der Waals surface area contributed by atoms with E-state index in [1.165, 1.54) is 6.33 Å². The number of benzene rings is 1. The summed E-state index contributed by atoms with van der Waals surface area (Å²) in [4.78, 5) is 12.6. The van der Waals surface area contributed by atoms with Gasteiger partial charge >= 0.3 is 0 Å². The molecule has 4 rings (SSSR count). The largest absolute Gasteiger partial charge is 0.424 e. The summed E-state index contributed by atoms with van der Waals surface area (Å²) in [5.41, 5.74) is 9.76. The number of hydrogen-bond donors (Lipinski definition) is 2. The summed E-state index contributed by atoms with van der Waals surface area (Å²) in [5.74, 6) is 0.407. The van der Waals surface area contributed by atoms with E-state index in [1.54, 1.807) is 11.7 Å². The molecule has 0 radical (unpaired) electrons. The molecule has 8 nitrogen and oxygen atoms in total. The number of nitrogens with two attached hydrogens (primary N) is 1. The Morgan fingerprint density at radius 2 is 2.14 bits per heavy atom. The molecule has 3 heterocycles. The first-order chi connectivity index (χ1) is 10.7. The van der Waals surface area contributed by atoms with Crippen molar-refractivity contribution in [3.8, 4) is 11.3 Å². The Morgan fingerprint density at radius 3 is 2.95 bits per heavy atom. The second-order valence-corrected chi connectivity index (χ2v) is 4.88. The van der Waals surface area contributed by atoms with E-state index < -0.39 is 0 Å². The lowest BCUT2D eigenvalue weighted by molar-refractivity contribution is 0.620. The predicted octanol–water partition coefficient (Wildman–Crippen LogP) is 1.80. The second-order valence-electron chi connectivity index (χ2n) is 4.88. The van der Waals surface area contributed by atoms with Crippen molar-refractivity contribution >= 4 is 34.0 Å². The fourth-order valence-electron chi connectivity index (χ4n) is 2.49. The topological polar surface area (TPSA) is 108 Å². The average Bonchev–Trinajstić information content (AvgIpc) is 3.08. The van der Waals surface area contributed by atoms with Crippen molar-refractivity contribution in [1.29, 1.82) is 0 Å². The van der Waals surface area contributed by atoms with E-state index in [0.29, 0.717) is 23.1 Å². The maximum atomic E-state index is 6.00. The summed E-state index contributed by atoms with van der Waals surface area (Å²) in [7, 11) is 3.59. The van der Waals surface area contributed by atoms with Crippen LogP contribution in [0, 0.1) is 0 Å². The third-order valence-electron chi connectivity index (χ3n) is 3.52. The quantitative estimate of drug-likeness (QED) is 0.580. The third-order valence-corrected chi connectivity index (χ3v) is 3.52. The molecule has 3 aromatic heterocycles. The summed E-state index contributed by atoms with van der Waals surface area (Å²) < 4.78 is 7.22. The van der Waals surface area contributed by atoms with Crippen molar-refractivity contribution in [2.24, 2.45) is 7.05 Å². The van der Waals surface area contributed by atoms with Crippen LogP contribution in [0.5, 0.6) is 0 Å². The van der Waals surface area contributed by atoms with Gasteiger partial charge in [-0.1, -0.05) is 0 Å². The van der Waals surface area contributed by atoms with Crippen molar-refractivity contribution in [2.75, 3.05) is 18.1 Å². The van der Waals surface area contributed by atoms with Crippen molar-refractivity contribution < 1.29 is 4.42 Å². The molecule has 0 saturated heterocycles. The lowest BCUT2D eigenvalue weighted by atomic mass is 10.1. The van der Waals surface area contributed by atoms with Crippen LogP contribution in [0.2, 0.25) is 0 Å². The number of rotatable bonds is 2. The standard InChI is InChI=1S/C14H13N7O/c1-16-14-19-8-5-7(3-4-9(8)22-14)11-10-12(15)17-6-18-13(10)21(2)20-11/h3-6H,1-2H3,(H,16,19)(H2,15,17,18). The molecular formula is C14H13N7O. The van der Waals surface area contributed by atoms with Crippen LogP contribution in [0.1, 0.15) is 0 Å². The molecule has 0 saturated carbocycles. The Hall–Kier alpha value is -3.16. The summed E-state index contributed by atoms with van der Waals surface area (Å²) in [6.45, 7) is 0. The lowest BCUT2D eigenvalue weighted by Crippen LogP contribution is -1.95. The maximum Gasteiger partial charge on any atom is 0.295 e. The number of anilines is 2. The molecule has 110 valence electrons. The van der Waals surface area contributed by atoms with Gasteiger partial charge in [0.15, 0.2) is 11.2 Å². The van der Waals surface area contributed by atoms with Crippen LogP contribution in [-0.2, 0) is 7.05 Å². The van der Waals surface area contributed by atoms with Gasteiger partial charge in [0.1, 0.15) is 23.4 Å². The van der Waals surface area contributed by atoms with Gasteiger partial charge in [-0.2, -0.15) is 10.1 Å². The van der Waals surface area contributed by atoms with Gasteiger partial charge in [0.25, 0.3) is 6.01 Å². The summed E-state index contributed by atoms with van der Waals surface area (Å²) in [6, 6.07) is 6.16. The fourth-order valence-corrected chi connectivity index (χ4v) is 2.49. The number of nitrogens with zero attached hydrogens (tertiary/aromatic N) is 5. The predicted molar refractivity (Wildman–Crippen MR) is 83.3 cm³/mol. The van der Waals surface area contributed by atoms with Crippen molar-refractivity contribution in [2.45, 2.75) is 0 Å². The first-order valence-corrected chi connectivity index (χ1v) is 6.69. The fraction of sp³-hybridized carbons (Fsp3) is 0.143. The number of nitrogen functional groups attached to an aromatic ring is 1. The van der Waals surface area contributed by atoms with Gasteiger partial charge in [-0.3, -0.25) is 0 Å². The Morgan fingerprint density at radius 1 is 1.27 bits per heavy atom. The normalized spacial score (nSPS) is 11.4. The molecule has 0 aliphatic rings. The van der Waals surface area contributed by atoms with Crippen LogP contribution in [0.15, 0.2) is 28.9 Å². The molecule has 0 aliphatic heterocycles. The molecule has 0 unspecified atom stereocenters. The molecule has 1 aromatic carbocycles. The van der Waals surface area contributed by atoms with E-state index in [9.17, 15) is 0 Å². The van der Waals surface area contributed by atoms with Gasteiger partial charge in [0.2, 0.25) is 0 Å². The molecule has 8 heteroatoms. The monoisotopic (exact) mass is 295 g/mol. The maximum absolute atomic E-state index is 6.00. The highest BCUT2D eigenvalue weighted by Crippen LogP contribution is 2.31. The zero-order valence-corrected chi connectivity index (χ0v) is 12.0. The molecule has 0 amide bonds. The third kappa shape index (κ3) is 1.70. The van der Waals surface area contributed by atoms with Crippen LogP contribution in [0.25, 0.3) is 33.4 Å². The van der Waals surface area contributed by atoms with Crippen molar-refractivity contribution in [3.05, 3.63) is 24.5 Å². The van der Waals surface area contributed by atoms with Gasteiger partial charge in [-0.25, -0.2) is 14.6 Å².